The molecule has 0 unspecified atom stereocenters. The Morgan fingerprint density at radius 2 is 1.24 bits per heavy atom. The summed E-state index contributed by atoms with van der Waals surface area (Å²) in [6.07, 6.45) is 5.15. The second-order valence-electron chi connectivity index (χ2n) is 12.4. The number of nitrogens with one attached hydrogen (secondary N) is 3. The predicted molar refractivity (Wildman–Crippen MR) is 200 cm³/mol. The summed E-state index contributed by atoms with van der Waals surface area (Å²) < 4.78 is 10.7. The summed E-state index contributed by atoms with van der Waals surface area (Å²) in [5, 5.41) is 2.94. The SMILES string of the molecule is C#CCOCCOCCN(C)C(=O)c1ccc(-c2nc3ccc(-c4ccc5nc(-c6ccc(C(=O)NCCN(C)C)cc6)[nH]c5c4)cc3[nH]2)cc1. The number of H-pyrrole nitrogens is 2. The Kier molecular flexibility index (Phi) is 11.2. The number of carbonyl (C=O) groups excluding carboxylic acids is 2. The maximum Gasteiger partial charge on any atom is 0.253 e. The first kappa shape index (κ1) is 35.0. The molecule has 51 heavy (non-hydrogen) atoms. The zero-order chi connectivity index (χ0) is 35.7. The number of aromatic amines is 2. The molecule has 0 saturated carbocycles. The highest BCUT2D eigenvalue weighted by Gasteiger charge is 2.14. The van der Waals surface area contributed by atoms with Gasteiger partial charge >= 0.3 is 0 Å². The van der Waals surface area contributed by atoms with E-state index in [-0.39, 0.29) is 18.4 Å². The zero-order valence-electron chi connectivity index (χ0n) is 29.0. The van der Waals surface area contributed by atoms with Crippen LogP contribution in [-0.4, -0.2) is 109 Å². The highest BCUT2D eigenvalue weighted by atomic mass is 16.5. The van der Waals surface area contributed by atoms with Gasteiger partial charge in [-0.05, 0) is 73.8 Å². The normalized spacial score (nSPS) is 11.3. The number of hydrogen-bond acceptors (Lipinski definition) is 7. The Morgan fingerprint density at radius 1 is 0.706 bits per heavy atom. The van der Waals surface area contributed by atoms with Crippen molar-refractivity contribution in [1.29, 1.82) is 0 Å². The van der Waals surface area contributed by atoms with E-state index < -0.39 is 0 Å². The molecule has 11 heteroatoms. The molecule has 260 valence electrons. The van der Waals surface area contributed by atoms with Crippen LogP contribution in [0.4, 0.5) is 0 Å². The number of aromatic nitrogens is 4. The van der Waals surface area contributed by atoms with Gasteiger partial charge in [0.1, 0.15) is 18.3 Å². The van der Waals surface area contributed by atoms with Crippen molar-refractivity contribution < 1.29 is 19.1 Å². The summed E-state index contributed by atoms with van der Waals surface area (Å²) >= 11 is 0. The average Bonchev–Trinajstić information content (AvgIpc) is 3.78. The fraction of sp³-hybridized carbons (Fsp3) is 0.250. The standard InChI is InChI=1S/C40H41N7O4/c1-5-21-50-23-24-51-22-20-47(4)40(49)30-12-8-28(9-13-30)38-43-34-17-15-32(26-36(34)45-38)31-14-16-33-35(25-31)44-37(42-33)27-6-10-29(11-7-27)39(48)41-18-19-46(2)3/h1,6-17,25-26H,18-24H2,2-4H3,(H,41,48)(H,42,44)(H,43,45). The molecule has 0 bridgehead atoms. The molecule has 3 N–H and O–H groups in total. The lowest BCUT2D eigenvalue weighted by Crippen LogP contribution is -2.31. The number of benzene rings is 4. The fourth-order valence-corrected chi connectivity index (χ4v) is 5.57. The Labute approximate surface area is 297 Å². The molecule has 6 aromatic rings. The summed E-state index contributed by atoms with van der Waals surface area (Å²) in [4.78, 5) is 45.5. The second kappa shape index (κ2) is 16.3. The van der Waals surface area contributed by atoms with Gasteiger partial charge < -0.3 is 34.6 Å². The van der Waals surface area contributed by atoms with Crippen LogP contribution < -0.4 is 5.32 Å². The molecule has 4 aromatic carbocycles. The first-order chi connectivity index (χ1) is 24.8. The quantitative estimate of drug-likeness (QED) is 0.0968. The third-order valence-corrected chi connectivity index (χ3v) is 8.44. The van der Waals surface area contributed by atoms with Crippen LogP contribution in [0.15, 0.2) is 84.9 Å². The molecule has 0 aliphatic heterocycles. The van der Waals surface area contributed by atoms with Gasteiger partial charge in [0, 0.05) is 48.9 Å². The summed E-state index contributed by atoms with van der Waals surface area (Å²) in [5.74, 6) is 3.69. The minimum Gasteiger partial charge on any atom is -0.377 e. The molecule has 0 aliphatic rings. The van der Waals surface area contributed by atoms with Crippen molar-refractivity contribution in [3.63, 3.8) is 0 Å². The molecule has 0 saturated heterocycles. The van der Waals surface area contributed by atoms with E-state index in [1.807, 2.05) is 79.7 Å². The monoisotopic (exact) mass is 683 g/mol. The topological polar surface area (TPSA) is 128 Å². The van der Waals surface area contributed by atoms with E-state index in [1.54, 1.807) is 11.9 Å². The largest absolute Gasteiger partial charge is 0.377 e. The summed E-state index contributed by atoms with van der Waals surface area (Å²) in [6.45, 7) is 3.35. The van der Waals surface area contributed by atoms with Gasteiger partial charge in [0.15, 0.2) is 0 Å². The fourth-order valence-electron chi connectivity index (χ4n) is 5.57. The highest BCUT2D eigenvalue weighted by Crippen LogP contribution is 2.29. The molecule has 2 aromatic heterocycles. The number of hydrogen-bond donors (Lipinski definition) is 3. The molecule has 2 heterocycles. The minimum absolute atomic E-state index is 0.0852. The van der Waals surface area contributed by atoms with E-state index in [1.165, 1.54) is 0 Å². The number of ether oxygens (including phenoxy) is 2. The van der Waals surface area contributed by atoms with Crippen molar-refractivity contribution in [2.24, 2.45) is 0 Å². The molecule has 0 fully saturated rings. The van der Waals surface area contributed by atoms with Crippen LogP contribution in [0.3, 0.4) is 0 Å². The predicted octanol–water partition coefficient (Wildman–Crippen LogP) is 5.47. The molecule has 11 nitrogen and oxygen atoms in total. The lowest BCUT2D eigenvalue weighted by Gasteiger charge is -2.17. The Hall–Kier alpha value is -5.80. The number of nitrogens with zero attached hydrogens (tertiary/aromatic N) is 4. The molecule has 0 spiro atoms. The lowest BCUT2D eigenvalue weighted by atomic mass is 10.0. The van der Waals surface area contributed by atoms with Gasteiger partial charge in [0.2, 0.25) is 0 Å². The Bertz CT molecular complexity index is 2160. The highest BCUT2D eigenvalue weighted by molar-refractivity contribution is 5.95. The van der Waals surface area contributed by atoms with Gasteiger partial charge in [-0.1, -0.05) is 42.3 Å². The molecular weight excluding hydrogens is 642 g/mol. The van der Waals surface area contributed by atoms with E-state index in [0.717, 1.165) is 62.5 Å². The van der Waals surface area contributed by atoms with E-state index in [2.05, 4.69) is 45.5 Å². The van der Waals surface area contributed by atoms with Gasteiger partial charge in [-0.2, -0.15) is 0 Å². The Morgan fingerprint density at radius 3 is 1.78 bits per heavy atom. The number of imidazole rings is 2. The average molecular weight is 684 g/mol. The number of rotatable bonds is 15. The zero-order valence-corrected chi connectivity index (χ0v) is 29.0. The van der Waals surface area contributed by atoms with E-state index >= 15 is 0 Å². The smallest absolute Gasteiger partial charge is 0.253 e. The second-order valence-corrected chi connectivity index (χ2v) is 12.4. The van der Waals surface area contributed by atoms with Gasteiger partial charge in [-0.3, -0.25) is 9.59 Å². The van der Waals surface area contributed by atoms with Gasteiger partial charge in [-0.15, -0.1) is 6.42 Å². The number of carbonyl (C=O) groups is 2. The van der Waals surface area contributed by atoms with E-state index in [0.29, 0.717) is 44.0 Å². The Balaban J connectivity index is 1.10. The summed E-state index contributed by atoms with van der Waals surface area (Å²) in [5.41, 5.74) is 8.57. The van der Waals surface area contributed by atoms with Gasteiger partial charge in [0.25, 0.3) is 11.8 Å². The minimum atomic E-state index is -0.0920. The summed E-state index contributed by atoms with van der Waals surface area (Å²) in [7, 11) is 5.70. The number of fused-ring (bicyclic) bond motifs is 2. The number of likely N-dealkylation sites (N-methyl/N-ethyl adjacent to an activating group) is 2. The number of terminal acetylenes is 1. The van der Waals surface area contributed by atoms with Crippen LogP contribution in [0.5, 0.6) is 0 Å². The number of amides is 2. The van der Waals surface area contributed by atoms with Crippen molar-refractivity contribution in [2.75, 3.05) is 67.2 Å². The third kappa shape index (κ3) is 8.69. The van der Waals surface area contributed by atoms with Crippen LogP contribution in [0.2, 0.25) is 0 Å². The van der Waals surface area contributed by atoms with E-state index in [4.69, 9.17) is 25.9 Å². The molecule has 0 aliphatic carbocycles. The lowest BCUT2D eigenvalue weighted by molar-refractivity contribution is 0.0472. The third-order valence-electron chi connectivity index (χ3n) is 8.44. The van der Waals surface area contributed by atoms with Crippen molar-refractivity contribution in [3.8, 4) is 46.2 Å². The molecule has 0 radical (unpaired) electrons. The molecule has 6 rings (SSSR count). The van der Waals surface area contributed by atoms with Crippen molar-refractivity contribution in [2.45, 2.75) is 0 Å². The van der Waals surface area contributed by atoms with Gasteiger partial charge in [-0.25, -0.2) is 9.97 Å². The maximum atomic E-state index is 12.9. The summed E-state index contributed by atoms with van der Waals surface area (Å²) in [6, 6.07) is 27.2. The van der Waals surface area contributed by atoms with Crippen LogP contribution in [-0.2, 0) is 9.47 Å². The van der Waals surface area contributed by atoms with E-state index in [9.17, 15) is 9.59 Å². The van der Waals surface area contributed by atoms with Gasteiger partial charge in [0.05, 0.1) is 41.9 Å². The van der Waals surface area contributed by atoms with Crippen molar-refractivity contribution in [1.82, 2.24) is 35.1 Å². The van der Waals surface area contributed by atoms with Crippen LogP contribution in [0.1, 0.15) is 20.7 Å². The first-order valence-electron chi connectivity index (χ1n) is 16.8. The van der Waals surface area contributed by atoms with Crippen LogP contribution >= 0.6 is 0 Å². The van der Waals surface area contributed by atoms with Crippen LogP contribution in [0, 0.1) is 12.3 Å². The first-order valence-corrected chi connectivity index (χ1v) is 16.8. The molecule has 0 atom stereocenters. The maximum absolute atomic E-state index is 12.9. The molecule has 2 amide bonds. The molecular formula is C40H41N7O4. The van der Waals surface area contributed by atoms with Crippen molar-refractivity contribution in [3.05, 3.63) is 96.1 Å². The van der Waals surface area contributed by atoms with Crippen molar-refractivity contribution >= 4 is 33.9 Å². The van der Waals surface area contributed by atoms with Crippen LogP contribution in [0.25, 0.3) is 56.0 Å².